The lowest BCUT2D eigenvalue weighted by atomic mass is 10.2. The van der Waals surface area contributed by atoms with E-state index in [9.17, 15) is 9.50 Å². The third-order valence-electron chi connectivity index (χ3n) is 3.35. The zero-order valence-electron chi connectivity index (χ0n) is 10.7. The Labute approximate surface area is 112 Å². The standard InChI is InChI=1S/C11H14FN5O3/c1-13-10-8-9(15-4-14-8)16-11(12)17(10)7-2-5(19)6(3-18)20-7/h4-7,18-19H,2-3H2,1H3,(H,14,15)/t5-,6+,7?/m0/s1. The van der Waals surface area contributed by atoms with Gasteiger partial charge in [-0.25, -0.2) is 4.98 Å². The summed E-state index contributed by atoms with van der Waals surface area (Å²) < 4.78 is 20.8. The van der Waals surface area contributed by atoms with Gasteiger partial charge >= 0.3 is 0 Å². The highest BCUT2D eigenvalue weighted by atomic mass is 19.1. The summed E-state index contributed by atoms with van der Waals surface area (Å²) in [6, 6.07) is 0. The lowest BCUT2D eigenvalue weighted by Crippen LogP contribution is -2.30. The predicted molar refractivity (Wildman–Crippen MR) is 64.9 cm³/mol. The largest absolute Gasteiger partial charge is 0.394 e. The van der Waals surface area contributed by atoms with Crippen molar-refractivity contribution in [3.05, 3.63) is 17.9 Å². The van der Waals surface area contributed by atoms with E-state index in [0.29, 0.717) is 11.0 Å². The first kappa shape index (κ1) is 13.2. The molecule has 3 N–H and O–H groups in total. The number of nitrogens with one attached hydrogen (secondary N) is 1. The quantitative estimate of drug-likeness (QED) is 0.617. The molecule has 2 aromatic rings. The van der Waals surface area contributed by atoms with Crippen molar-refractivity contribution in [3.63, 3.8) is 0 Å². The Morgan fingerprint density at radius 3 is 3.10 bits per heavy atom. The van der Waals surface area contributed by atoms with Gasteiger partial charge in [0.1, 0.15) is 17.8 Å². The molecule has 0 aromatic carbocycles. The Bertz CT molecular complexity index is 697. The Morgan fingerprint density at radius 1 is 1.65 bits per heavy atom. The number of hydrogen-bond donors (Lipinski definition) is 3. The van der Waals surface area contributed by atoms with E-state index < -0.39 is 24.5 Å². The molecule has 1 aliphatic heterocycles. The maximum Gasteiger partial charge on any atom is 0.295 e. The van der Waals surface area contributed by atoms with Gasteiger partial charge < -0.3 is 19.9 Å². The molecule has 0 spiro atoms. The van der Waals surface area contributed by atoms with E-state index >= 15 is 0 Å². The molecule has 20 heavy (non-hydrogen) atoms. The molecule has 2 aromatic heterocycles. The highest BCUT2D eigenvalue weighted by Gasteiger charge is 2.36. The maximum absolute atomic E-state index is 14.2. The second-order valence-electron chi connectivity index (χ2n) is 4.51. The Kier molecular flexibility index (Phi) is 3.24. The molecule has 1 saturated heterocycles. The topological polar surface area (TPSA) is 109 Å². The first-order valence-corrected chi connectivity index (χ1v) is 6.14. The number of aliphatic hydroxyl groups excluding tert-OH is 2. The summed E-state index contributed by atoms with van der Waals surface area (Å²) in [4.78, 5) is 14.5. The van der Waals surface area contributed by atoms with Crippen molar-refractivity contribution >= 4 is 11.2 Å². The summed E-state index contributed by atoms with van der Waals surface area (Å²) in [6.07, 6.45) is -1.64. The van der Waals surface area contributed by atoms with Crippen LogP contribution in [-0.4, -0.2) is 55.6 Å². The Hall–Kier alpha value is -1.84. The molecule has 1 unspecified atom stereocenters. The summed E-state index contributed by atoms with van der Waals surface area (Å²) in [6.45, 7) is -0.335. The van der Waals surface area contributed by atoms with Gasteiger partial charge in [-0.3, -0.25) is 9.56 Å². The normalized spacial score (nSPS) is 27.6. The lowest BCUT2D eigenvalue weighted by Gasteiger charge is -2.16. The number of hydrogen-bond acceptors (Lipinski definition) is 6. The minimum absolute atomic E-state index is 0.149. The molecular weight excluding hydrogens is 269 g/mol. The van der Waals surface area contributed by atoms with Gasteiger partial charge in [0.2, 0.25) is 0 Å². The zero-order chi connectivity index (χ0) is 14.3. The first-order chi connectivity index (χ1) is 9.65. The molecule has 0 radical (unpaired) electrons. The van der Waals surface area contributed by atoms with E-state index in [1.807, 2.05) is 0 Å². The van der Waals surface area contributed by atoms with Crippen LogP contribution in [0.15, 0.2) is 11.3 Å². The van der Waals surface area contributed by atoms with Gasteiger partial charge in [-0.2, -0.15) is 9.37 Å². The molecule has 1 fully saturated rings. The van der Waals surface area contributed by atoms with E-state index in [4.69, 9.17) is 9.84 Å². The summed E-state index contributed by atoms with van der Waals surface area (Å²) in [5.74, 6) is 0. The summed E-state index contributed by atoms with van der Waals surface area (Å²) in [5, 5.41) is 18.8. The van der Waals surface area contributed by atoms with E-state index in [1.54, 1.807) is 0 Å². The second-order valence-corrected chi connectivity index (χ2v) is 4.51. The van der Waals surface area contributed by atoms with Crippen LogP contribution in [0, 0.1) is 6.08 Å². The molecule has 9 heteroatoms. The average molecular weight is 283 g/mol. The molecule has 1 aliphatic rings. The van der Waals surface area contributed by atoms with E-state index in [1.165, 1.54) is 13.4 Å². The van der Waals surface area contributed by atoms with Crippen molar-refractivity contribution in [3.8, 4) is 0 Å². The molecule has 108 valence electrons. The van der Waals surface area contributed by atoms with Crippen LogP contribution in [0.4, 0.5) is 4.39 Å². The smallest absolute Gasteiger partial charge is 0.295 e. The molecular formula is C11H14FN5O3. The van der Waals surface area contributed by atoms with Crippen LogP contribution in [-0.2, 0) is 4.74 Å². The van der Waals surface area contributed by atoms with Crippen LogP contribution in [0.3, 0.4) is 0 Å². The molecule has 0 bridgehead atoms. The molecule has 0 amide bonds. The Morgan fingerprint density at radius 2 is 2.45 bits per heavy atom. The highest BCUT2D eigenvalue weighted by molar-refractivity contribution is 5.67. The number of aromatic nitrogens is 4. The fraction of sp³-hybridized carbons (Fsp3) is 0.545. The van der Waals surface area contributed by atoms with Crippen molar-refractivity contribution in [2.75, 3.05) is 13.7 Å². The van der Waals surface area contributed by atoms with Gasteiger partial charge in [-0.1, -0.05) is 0 Å². The first-order valence-electron chi connectivity index (χ1n) is 6.14. The SMILES string of the molecule is CN=c1c2[nH]cnc2nc(F)n1C1C[C@H](O)[C@@H](CO)O1. The number of aliphatic hydroxyl groups is 2. The highest BCUT2D eigenvalue weighted by Crippen LogP contribution is 2.28. The van der Waals surface area contributed by atoms with Gasteiger partial charge in [0.25, 0.3) is 6.08 Å². The van der Waals surface area contributed by atoms with Crippen molar-refractivity contribution in [2.24, 2.45) is 4.99 Å². The zero-order valence-corrected chi connectivity index (χ0v) is 10.7. The van der Waals surface area contributed by atoms with Gasteiger partial charge in [0.05, 0.1) is 19.0 Å². The summed E-state index contributed by atoms with van der Waals surface area (Å²) >= 11 is 0. The van der Waals surface area contributed by atoms with Gasteiger partial charge in [0.15, 0.2) is 11.1 Å². The van der Waals surface area contributed by atoms with Crippen molar-refractivity contribution < 1.29 is 19.3 Å². The van der Waals surface area contributed by atoms with Crippen molar-refractivity contribution in [2.45, 2.75) is 24.9 Å². The molecule has 3 rings (SSSR count). The minimum Gasteiger partial charge on any atom is -0.394 e. The third kappa shape index (κ3) is 1.90. The molecule has 3 heterocycles. The van der Waals surface area contributed by atoms with E-state index in [-0.39, 0.29) is 18.7 Å². The average Bonchev–Trinajstić information content (AvgIpc) is 3.02. The monoisotopic (exact) mass is 283 g/mol. The number of halogens is 1. The van der Waals surface area contributed by atoms with Gasteiger partial charge in [-0.15, -0.1) is 0 Å². The van der Waals surface area contributed by atoms with Crippen LogP contribution in [0.1, 0.15) is 12.6 Å². The van der Waals surface area contributed by atoms with Crippen LogP contribution >= 0.6 is 0 Å². The number of rotatable bonds is 2. The number of ether oxygens (including phenoxy) is 1. The summed E-state index contributed by atoms with van der Waals surface area (Å²) in [5.41, 5.74) is 0.997. The van der Waals surface area contributed by atoms with Crippen LogP contribution in [0.25, 0.3) is 11.2 Å². The van der Waals surface area contributed by atoms with Crippen LogP contribution < -0.4 is 5.49 Å². The molecule has 3 atom stereocenters. The maximum atomic E-state index is 14.2. The van der Waals surface area contributed by atoms with Gasteiger partial charge in [0, 0.05) is 13.5 Å². The third-order valence-corrected chi connectivity index (χ3v) is 3.35. The van der Waals surface area contributed by atoms with Crippen LogP contribution in [0.5, 0.6) is 0 Å². The number of imidazole rings is 1. The fourth-order valence-corrected chi connectivity index (χ4v) is 2.40. The van der Waals surface area contributed by atoms with E-state index in [0.717, 1.165) is 4.57 Å². The molecule has 0 saturated carbocycles. The van der Waals surface area contributed by atoms with Crippen molar-refractivity contribution in [1.29, 1.82) is 0 Å². The molecule has 0 aliphatic carbocycles. The number of aromatic amines is 1. The number of nitrogens with zero attached hydrogens (tertiary/aromatic N) is 4. The summed E-state index contributed by atoms with van der Waals surface area (Å²) in [7, 11) is 1.51. The second kappa shape index (κ2) is 4.93. The van der Waals surface area contributed by atoms with Crippen LogP contribution in [0.2, 0.25) is 0 Å². The lowest BCUT2D eigenvalue weighted by molar-refractivity contribution is -0.0496. The van der Waals surface area contributed by atoms with Gasteiger partial charge in [-0.05, 0) is 0 Å². The molecule has 8 nitrogen and oxygen atoms in total. The van der Waals surface area contributed by atoms with Crippen molar-refractivity contribution in [1.82, 2.24) is 19.5 Å². The minimum atomic E-state index is -0.862. The van der Waals surface area contributed by atoms with E-state index in [2.05, 4.69) is 19.9 Å². The predicted octanol–water partition coefficient (Wildman–Crippen LogP) is -0.930. The number of H-pyrrole nitrogens is 1. The fourth-order valence-electron chi connectivity index (χ4n) is 2.40. The Balaban J connectivity index is 2.14. The number of fused-ring (bicyclic) bond motifs is 1.